The fourth-order valence-corrected chi connectivity index (χ4v) is 4.88. The zero-order chi connectivity index (χ0) is 22.3. The van der Waals surface area contributed by atoms with Crippen molar-refractivity contribution < 1.29 is 9.59 Å². The van der Waals surface area contributed by atoms with Crippen LogP contribution in [0.4, 0.5) is 0 Å². The standard InChI is InChI=1S/C25H33N5O2/c1-18-27-17-22(25(32)28-16-21-8-4-5-11-26-21)23(29-18)14-20-9-12-30(13-10-20)24(31)15-19-6-2-3-7-19/h4-5,8,11,17,19-20H,2-3,6-7,9-10,12-16H2,1H3,(H,28,32). The van der Waals surface area contributed by atoms with E-state index < -0.39 is 0 Å². The Hall–Kier alpha value is -2.83. The van der Waals surface area contributed by atoms with Gasteiger partial charge in [0.25, 0.3) is 5.91 Å². The van der Waals surface area contributed by atoms with Gasteiger partial charge in [0.2, 0.25) is 5.91 Å². The average Bonchev–Trinajstić information content (AvgIpc) is 3.32. The molecule has 1 aliphatic heterocycles. The fraction of sp³-hybridized carbons (Fsp3) is 0.560. The molecule has 2 amide bonds. The fourth-order valence-electron chi connectivity index (χ4n) is 4.88. The molecule has 1 saturated carbocycles. The molecule has 7 nitrogen and oxygen atoms in total. The minimum atomic E-state index is -0.171. The van der Waals surface area contributed by atoms with Gasteiger partial charge in [-0.15, -0.1) is 0 Å². The molecule has 7 heteroatoms. The second kappa shape index (κ2) is 10.7. The molecular weight excluding hydrogens is 402 g/mol. The van der Waals surface area contributed by atoms with Crippen LogP contribution in [0.3, 0.4) is 0 Å². The SMILES string of the molecule is Cc1ncc(C(=O)NCc2ccccn2)c(CC2CCN(C(=O)CC3CCCC3)CC2)n1. The number of aryl methyl sites for hydroxylation is 1. The van der Waals surface area contributed by atoms with E-state index in [1.54, 1.807) is 12.4 Å². The van der Waals surface area contributed by atoms with E-state index in [1.165, 1.54) is 25.7 Å². The summed E-state index contributed by atoms with van der Waals surface area (Å²) >= 11 is 0. The second-order valence-corrected chi connectivity index (χ2v) is 9.16. The highest BCUT2D eigenvalue weighted by Gasteiger charge is 2.27. The number of rotatable bonds is 7. The second-order valence-electron chi connectivity index (χ2n) is 9.16. The molecule has 2 aliphatic rings. The van der Waals surface area contributed by atoms with Crippen molar-refractivity contribution >= 4 is 11.8 Å². The van der Waals surface area contributed by atoms with Crippen LogP contribution in [0.2, 0.25) is 0 Å². The summed E-state index contributed by atoms with van der Waals surface area (Å²) in [6.07, 6.45) is 11.7. The lowest BCUT2D eigenvalue weighted by molar-refractivity contribution is -0.133. The van der Waals surface area contributed by atoms with Crippen LogP contribution < -0.4 is 5.32 Å². The first kappa shape index (κ1) is 22.4. The molecular formula is C25H33N5O2. The van der Waals surface area contributed by atoms with Gasteiger partial charge in [0.05, 0.1) is 23.5 Å². The van der Waals surface area contributed by atoms with Crippen molar-refractivity contribution in [3.05, 3.63) is 53.4 Å². The van der Waals surface area contributed by atoms with Crippen LogP contribution in [-0.2, 0) is 17.8 Å². The van der Waals surface area contributed by atoms with Gasteiger partial charge in [-0.3, -0.25) is 14.6 Å². The van der Waals surface area contributed by atoms with Crippen molar-refractivity contribution in [2.75, 3.05) is 13.1 Å². The van der Waals surface area contributed by atoms with Gasteiger partial charge in [0, 0.05) is 31.9 Å². The molecule has 0 bridgehead atoms. The predicted octanol–water partition coefficient (Wildman–Crippen LogP) is 3.47. The smallest absolute Gasteiger partial charge is 0.255 e. The monoisotopic (exact) mass is 435 g/mol. The maximum absolute atomic E-state index is 12.8. The number of amides is 2. The first-order valence-electron chi connectivity index (χ1n) is 11.9. The summed E-state index contributed by atoms with van der Waals surface area (Å²) in [7, 11) is 0. The zero-order valence-corrected chi connectivity index (χ0v) is 18.9. The number of nitrogens with one attached hydrogen (secondary N) is 1. The van der Waals surface area contributed by atoms with E-state index in [9.17, 15) is 9.59 Å². The van der Waals surface area contributed by atoms with Crippen molar-refractivity contribution in [3.8, 4) is 0 Å². The molecule has 4 rings (SSSR count). The Morgan fingerprint density at radius 1 is 1.06 bits per heavy atom. The van der Waals surface area contributed by atoms with Crippen LogP contribution in [0.1, 0.15) is 72.5 Å². The van der Waals surface area contributed by atoms with E-state index in [0.29, 0.717) is 35.7 Å². The summed E-state index contributed by atoms with van der Waals surface area (Å²) in [5.74, 6) is 1.83. The van der Waals surface area contributed by atoms with Crippen molar-refractivity contribution in [2.24, 2.45) is 11.8 Å². The lowest BCUT2D eigenvalue weighted by atomic mass is 9.90. The average molecular weight is 436 g/mol. The third kappa shape index (κ3) is 5.90. The van der Waals surface area contributed by atoms with E-state index in [0.717, 1.165) is 50.2 Å². The van der Waals surface area contributed by atoms with E-state index in [1.807, 2.05) is 30.0 Å². The minimum Gasteiger partial charge on any atom is -0.346 e. The Labute approximate surface area is 190 Å². The summed E-state index contributed by atoms with van der Waals surface area (Å²) in [5.41, 5.74) is 2.14. The lowest BCUT2D eigenvalue weighted by Gasteiger charge is -2.32. The van der Waals surface area contributed by atoms with Crippen LogP contribution in [0.5, 0.6) is 0 Å². The van der Waals surface area contributed by atoms with Gasteiger partial charge in [0.1, 0.15) is 5.82 Å². The summed E-state index contributed by atoms with van der Waals surface area (Å²) < 4.78 is 0. The van der Waals surface area contributed by atoms with Crippen molar-refractivity contribution in [1.82, 2.24) is 25.2 Å². The largest absolute Gasteiger partial charge is 0.346 e. The Morgan fingerprint density at radius 3 is 2.56 bits per heavy atom. The van der Waals surface area contributed by atoms with Gasteiger partial charge in [-0.1, -0.05) is 18.9 Å². The molecule has 1 N–H and O–H groups in total. The highest BCUT2D eigenvalue weighted by molar-refractivity contribution is 5.94. The Balaban J connectivity index is 1.32. The lowest BCUT2D eigenvalue weighted by Crippen LogP contribution is -2.39. The number of hydrogen-bond donors (Lipinski definition) is 1. The number of pyridine rings is 1. The van der Waals surface area contributed by atoms with Crippen LogP contribution in [0.25, 0.3) is 0 Å². The molecule has 3 heterocycles. The molecule has 0 unspecified atom stereocenters. The quantitative estimate of drug-likeness (QED) is 0.719. The summed E-state index contributed by atoms with van der Waals surface area (Å²) in [4.78, 5) is 40.6. The minimum absolute atomic E-state index is 0.171. The molecule has 32 heavy (non-hydrogen) atoms. The summed E-state index contributed by atoms with van der Waals surface area (Å²) in [5, 5.41) is 2.93. The molecule has 0 aromatic carbocycles. The summed E-state index contributed by atoms with van der Waals surface area (Å²) in [6.45, 7) is 3.83. The zero-order valence-electron chi connectivity index (χ0n) is 18.9. The number of carbonyl (C=O) groups excluding carboxylic acids is 2. The number of nitrogens with zero attached hydrogens (tertiary/aromatic N) is 4. The first-order chi connectivity index (χ1) is 15.6. The van der Waals surface area contributed by atoms with Crippen molar-refractivity contribution in [3.63, 3.8) is 0 Å². The van der Waals surface area contributed by atoms with Gasteiger partial charge in [-0.25, -0.2) is 9.97 Å². The Kier molecular flexibility index (Phi) is 7.45. The highest BCUT2D eigenvalue weighted by Crippen LogP contribution is 2.29. The molecule has 1 aliphatic carbocycles. The van der Waals surface area contributed by atoms with E-state index in [-0.39, 0.29) is 5.91 Å². The highest BCUT2D eigenvalue weighted by atomic mass is 16.2. The number of likely N-dealkylation sites (tertiary alicyclic amines) is 1. The van der Waals surface area contributed by atoms with Gasteiger partial charge in [0.15, 0.2) is 0 Å². The molecule has 0 radical (unpaired) electrons. The van der Waals surface area contributed by atoms with Gasteiger partial charge in [-0.2, -0.15) is 0 Å². The molecule has 170 valence electrons. The van der Waals surface area contributed by atoms with Crippen LogP contribution in [-0.4, -0.2) is 44.8 Å². The third-order valence-electron chi connectivity index (χ3n) is 6.78. The summed E-state index contributed by atoms with van der Waals surface area (Å²) in [6, 6.07) is 5.64. The van der Waals surface area contributed by atoms with Crippen LogP contribution in [0.15, 0.2) is 30.6 Å². The van der Waals surface area contributed by atoms with Crippen LogP contribution >= 0.6 is 0 Å². The predicted molar refractivity (Wildman–Crippen MR) is 122 cm³/mol. The first-order valence-corrected chi connectivity index (χ1v) is 11.9. The van der Waals surface area contributed by atoms with Crippen molar-refractivity contribution in [1.29, 1.82) is 0 Å². The van der Waals surface area contributed by atoms with Crippen molar-refractivity contribution in [2.45, 2.75) is 64.8 Å². The Bertz CT molecular complexity index is 919. The normalized spacial score (nSPS) is 17.5. The number of hydrogen-bond acceptors (Lipinski definition) is 5. The molecule has 1 saturated heterocycles. The topological polar surface area (TPSA) is 88.1 Å². The number of aromatic nitrogens is 3. The van der Waals surface area contributed by atoms with E-state index in [4.69, 9.17) is 0 Å². The van der Waals surface area contributed by atoms with E-state index >= 15 is 0 Å². The van der Waals surface area contributed by atoms with Crippen LogP contribution in [0, 0.1) is 18.8 Å². The molecule has 0 atom stereocenters. The number of piperidine rings is 1. The van der Waals surface area contributed by atoms with E-state index in [2.05, 4.69) is 20.3 Å². The van der Waals surface area contributed by atoms with Gasteiger partial charge >= 0.3 is 0 Å². The number of carbonyl (C=O) groups is 2. The third-order valence-corrected chi connectivity index (χ3v) is 6.78. The molecule has 2 aromatic rings. The molecule has 2 aromatic heterocycles. The Morgan fingerprint density at radius 2 is 1.84 bits per heavy atom. The van der Waals surface area contributed by atoms with Gasteiger partial charge in [-0.05, 0) is 63.0 Å². The molecule has 2 fully saturated rings. The molecule has 0 spiro atoms. The maximum Gasteiger partial charge on any atom is 0.255 e. The maximum atomic E-state index is 12.8. The van der Waals surface area contributed by atoms with Gasteiger partial charge < -0.3 is 10.2 Å².